The van der Waals surface area contributed by atoms with Crippen LogP contribution >= 0.6 is 0 Å². The Kier molecular flexibility index (Phi) is 6.09. The topological polar surface area (TPSA) is 89.5 Å². The quantitative estimate of drug-likeness (QED) is 0.665. The first-order valence-corrected chi connectivity index (χ1v) is 8.88. The fraction of sp³-hybridized carbons (Fsp3) is 0.136. The van der Waals surface area contributed by atoms with Gasteiger partial charge in [-0.1, -0.05) is 18.2 Å². The lowest BCUT2D eigenvalue weighted by Crippen LogP contribution is -2.17. The van der Waals surface area contributed by atoms with Gasteiger partial charge < -0.3 is 20.1 Å². The normalized spacial score (nSPS) is 10.2. The number of pyridine rings is 1. The molecular formula is C22H21N3O4. The summed E-state index contributed by atoms with van der Waals surface area (Å²) in [6.45, 7) is 1.92. The number of rotatable bonds is 6. The Balaban J connectivity index is 1.79. The van der Waals surface area contributed by atoms with Crippen molar-refractivity contribution >= 4 is 23.2 Å². The fourth-order valence-electron chi connectivity index (χ4n) is 2.74. The van der Waals surface area contributed by atoms with E-state index in [0.29, 0.717) is 28.4 Å². The van der Waals surface area contributed by atoms with E-state index in [4.69, 9.17) is 9.47 Å². The lowest BCUT2D eigenvalue weighted by atomic mass is 10.1. The second kappa shape index (κ2) is 8.88. The van der Waals surface area contributed by atoms with Gasteiger partial charge in [-0.25, -0.2) is 0 Å². The molecule has 0 aliphatic carbocycles. The van der Waals surface area contributed by atoms with Crippen LogP contribution in [-0.4, -0.2) is 31.0 Å². The predicted molar refractivity (Wildman–Crippen MR) is 111 cm³/mol. The van der Waals surface area contributed by atoms with Gasteiger partial charge in [-0.15, -0.1) is 0 Å². The molecule has 2 amide bonds. The Labute approximate surface area is 168 Å². The smallest absolute Gasteiger partial charge is 0.274 e. The number of hydrogen-bond donors (Lipinski definition) is 2. The van der Waals surface area contributed by atoms with Crippen molar-refractivity contribution < 1.29 is 19.1 Å². The number of aryl methyl sites for hydroxylation is 1. The number of anilines is 2. The third kappa shape index (κ3) is 4.70. The van der Waals surface area contributed by atoms with Crippen LogP contribution < -0.4 is 20.1 Å². The number of carbonyl (C=O) groups is 2. The van der Waals surface area contributed by atoms with Gasteiger partial charge in [-0.3, -0.25) is 14.6 Å². The number of methoxy groups -OCH3 is 2. The van der Waals surface area contributed by atoms with E-state index in [0.717, 1.165) is 5.56 Å². The van der Waals surface area contributed by atoms with Crippen molar-refractivity contribution in [3.63, 3.8) is 0 Å². The number of benzene rings is 2. The molecule has 0 spiro atoms. The van der Waals surface area contributed by atoms with Gasteiger partial charge in [0.1, 0.15) is 17.2 Å². The maximum absolute atomic E-state index is 12.7. The molecule has 3 rings (SSSR count). The Hall–Kier alpha value is -3.87. The fourth-order valence-corrected chi connectivity index (χ4v) is 2.74. The van der Waals surface area contributed by atoms with E-state index >= 15 is 0 Å². The number of para-hydroxylation sites is 2. The Morgan fingerprint density at radius 3 is 2.28 bits per heavy atom. The van der Waals surface area contributed by atoms with Gasteiger partial charge in [-0.2, -0.15) is 0 Å². The van der Waals surface area contributed by atoms with Crippen molar-refractivity contribution in [1.82, 2.24) is 4.98 Å². The third-order valence-corrected chi connectivity index (χ3v) is 4.21. The zero-order chi connectivity index (χ0) is 20.8. The van der Waals surface area contributed by atoms with E-state index in [1.807, 2.05) is 19.1 Å². The number of carbonyl (C=O) groups excluding carboxylic acids is 2. The summed E-state index contributed by atoms with van der Waals surface area (Å²) in [5, 5.41) is 5.55. The van der Waals surface area contributed by atoms with Crippen molar-refractivity contribution in [3.05, 3.63) is 77.6 Å². The third-order valence-electron chi connectivity index (χ3n) is 4.21. The van der Waals surface area contributed by atoms with Crippen LogP contribution in [0.4, 0.5) is 11.4 Å². The molecule has 0 aliphatic heterocycles. The van der Waals surface area contributed by atoms with Crippen molar-refractivity contribution in [3.8, 4) is 11.5 Å². The molecular weight excluding hydrogens is 370 g/mol. The van der Waals surface area contributed by atoms with E-state index in [1.165, 1.54) is 32.5 Å². The maximum Gasteiger partial charge on any atom is 0.274 e. The highest BCUT2D eigenvalue weighted by Crippen LogP contribution is 2.26. The highest BCUT2D eigenvalue weighted by Gasteiger charge is 2.15. The maximum atomic E-state index is 12.7. The number of nitrogens with one attached hydrogen (secondary N) is 2. The van der Waals surface area contributed by atoms with E-state index < -0.39 is 5.91 Å². The molecule has 0 fully saturated rings. The van der Waals surface area contributed by atoms with E-state index in [9.17, 15) is 9.59 Å². The minimum atomic E-state index is -0.447. The molecule has 1 aromatic heterocycles. The summed E-state index contributed by atoms with van der Waals surface area (Å²) >= 11 is 0. The van der Waals surface area contributed by atoms with Crippen LogP contribution in [-0.2, 0) is 0 Å². The van der Waals surface area contributed by atoms with Crippen molar-refractivity contribution in [2.45, 2.75) is 6.92 Å². The molecule has 0 unspecified atom stereocenters. The second-order valence-electron chi connectivity index (χ2n) is 6.24. The van der Waals surface area contributed by atoms with Gasteiger partial charge in [0.05, 0.1) is 25.6 Å². The molecule has 29 heavy (non-hydrogen) atoms. The molecule has 0 bridgehead atoms. The summed E-state index contributed by atoms with van der Waals surface area (Å²) in [7, 11) is 3.06. The summed E-state index contributed by atoms with van der Waals surface area (Å²) in [5.74, 6) is 0.258. The molecule has 7 nitrogen and oxygen atoms in total. The molecule has 7 heteroatoms. The van der Waals surface area contributed by atoms with Crippen LogP contribution in [0.2, 0.25) is 0 Å². The molecule has 0 saturated carbocycles. The van der Waals surface area contributed by atoms with Gasteiger partial charge in [0.25, 0.3) is 11.8 Å². The zero-order valence-corrected chi connectivity index (χ0v) is 16.4. The molecule has 0 radical (unpaired) electrons. The van der Waals surface area contributed by atoms with Crippen LogP contribution in [0.1, 0.15) is 26.4 Å². The molecule has 2 N–H and O–H groups in total. The summed E-state index contributed by atoms with van der Waals surface area (Å²) in [6, 6.07) is 15.5. The number of nitrogens with zero attached hydrogens (tertiary/aromatic N) is 1. The molecule has 1 heterocycles. The largest absolute Gasteiger partial charge is 0.495 e. The van der Waals surface area contributed by atoms with Gasteiger partial charge >= 0.3 is 0 Å². The minimum absolute atomic E-state index is 0.111. The summed E-state index contributed by atoms with van der Waals surface area (Å²) < 4.78 is 10.5. The van der Waals surface area contributed by atoms with E-state index in [1.54, 1.807) is 30.3 Å². The van der Waals surface area contributed by atoms with Crippen molar-refractivity contribution in [1.29, 1.82) is 0 Å². The summed E-state index contributed by atoms with van der Waals surface area (Å²) in [5.41, 5.74) is 2.46. The van der Waals surface area contributed by atoms with Gasteiger partial charge in [-0.05, 0) is 48.9 Å². The predicted octanol–water partition coefficient (Wildman–Crippen LogP) is 3.91. The lowest BCUT2D eigenvalue weighted by Gasteiger charge is -2.12. The lowest BCUT2D eigenvalue weighted by molar-refractivity contribution is 0.102. The van der Waals surface area contributed by atoms with Crippen LogP contribution in [0.25, 0.3) is 0 Å². The van der Waals surface area contributed by atoms with Crippen LogP contribution in [0, 0.1) is 6.92 Å². The van der Waals surface area contributed by atoms with Gasteiger partial charge in [0.15, 0.2) is 0 Å². The molecule has 3 aromatic rings. The number of hydrogen-bond acceptors (Lipinski definition) is 5. The first-order valence-electron chi connectivity index (χ1n) is 8.88. The first-order chi connectivity index (χ1) is 14.0. The average molecular weight is 391 g/mol. The number of ether oxygens (including phenoxy) is 2. The average Bonchev–Trinajstić information content (AvgIpc) is 2.74. The zero-order valence-electron chi connectivity index (χ0n) is 16.4. The standard InChI is InChI=1S/C22H21N3O4/c1-14-8-9-20(29-3)17(12-14)25-21(26)15-10-11-23-18(13-15)22(27)24-16-6-4-5-7-19(16)28-2/h4-13H,1-3H3,(H,24,27)(H,25,26). The summed E-state index contributed by atoms with van der Waals surface area (Å²) in [6.07, 6.45) is 1.42. The SMILES string of the molecule is COc1ccc(C)cc1NC(=O)c1ccnc(C(=O)Nc2ccccc2OC)c1. The second-order valence-corrected chi connectivity index (χ2v) is 6.24. The van der Waals surface area contributed by atoms with Crippen LogP contribution in [0.15, 0.2) is 60.8 Å². The molecule has 0 saturated heterocycles. The molecule has 148 valence electrons. The van der Waals surface area contributed by atoms with E-state index in [2.05, 4.69) is 15.6 Å². The Morgan fingerprint density at radius 2 is 1.52 bits per heavy atom. The molecule has 0 atom stereocenters. The van der Waals surface area contributed by atoms with E-state index in [-0.39, 0.29) is 11.6 Å². The van der Waals surface area contributed by atoms with Crippen LogP contribution in [0.5, 0.6) is 11.5 Å². The van der Waals surface area contributed by atoms with Crippen molar-refractivity contribution in [2.24, 2.45) is 0 Å². The summed E-state index contributed by atoms with van der Waals surface area (Å²) in [4.78, 5) is 29.3. The highest BCUT2D eigenvalue weighted by atomic mass is 16.5. The monoisotopic (exact) mass is 391 g/mol. The van der Waals surface area contributed by atoms with Crippen molar-refractivity contribution in [2.75, 3.05) is 24.9 Å². The molecule has 0 aliphatic rings. The number of aromatic nitrogens is 1. The first kappa shape index (κ1) is 19.9. The minimum Gasteiger partial charge on any atom is -0.495 e. The Bertz CT molecular complexity index is 1050. The van der Waals surface area contributed by atoms with Gasteiger partial charge in [0, 0.05) is 11.8 Å². The molecule has 2 aromatic carbocycles. The number of amides is 2. The van der Waals surface area contributed by atoms with Crippen LogP contribution in [0.3, 0.4) is 0 Å². The van der Waals surface area contributed by atoms with Gasteiger partial charge in [0.2, 0.25) is 0 Å². The Morgan fingerprint density at radius 1 is 0.828 bits per heavy atom. The highest BCUT2D eigenvalue weighted by molar-refractivity contribution is 6.08.